The van der Waals surface area contributed by atoms with Gasteiger partial charge in [-0.25, -0.2) is 0 Å². The van der Waals surface area contributed by atoms with Crippen LogP contribution in [0, 0.1) is 0 Å². The fourth-order valence-corrected chi connectivity index (χ4v) is 3.66. The third kappa shape index (κ3) is 3.16. The molecule has 5 nitrogen and oxygen atoms in total. The van der Waals surface area contributed by atoms with Gasteiger partial charge in [-0.15, -0.1) is 0 Å². The Balaban J connectivity index is 2.55. The molecular formula is C10H23N3O2S. The Kier molecular flexibility index (Phi) is 5.17. The van der Waals surface area contributed by atoms with E-state index >= 15 is 0 Å². The van der Waals surface area contributed by atoms with Crippen LogP contribution in [0.1, 0.15) is 26.2 Å². The van der Waals surface area contributed by atoms with Gasteiger partial charge in [-0.05, 0) is 39.8 Å². The Morgan fingerprint density at radius 2 is 2.19 bits per heavy atom. The molecule has 1 heterocycles. The molecule has 1 aliphatic heterocycles. The first-order valence-corrected chi connectivity index (χ1v) is 7.27. The molecule has 0 aromatic heterocycles. The Bertz CT molecular complexity index is 305. The molecule has 0 amide bonds. The Morgan fingerprint density at radius 1 is 1.50 bits per heavy atom. The third-order valence-electron chi connectivity index (χ3n) is 3.08. The molecule has 0 radical (unpaired) electrons. The van der Waals surface area contributed by atoms with E-state index in [0.29, 0.717) is 13.1 Å². The Morgan fingerprint density at radius 3 is 2.69 bits per heavy atom. The lowest BCUT2D eigenvalue weighted by Gasteiger charge is -2.27. The summed E-state index contributed by atoms with van der Waals surface area (Å²) in [6.45, 7) is 4.06. The van der Waals surface area contributed by atoms with Crippen molar-refractivity contribution in [2.24, 2.45) is 0 Å². The van der Waals surface area contributed by atoms with Gasteiger partial charge in [0.2, 0.25) is 0 Å². The summed E-state index contributed by atoms with van der Waals surface area (Å²) in [7, 11) is 0.305. The van der Waals surface area contributed by atoms with Crippen LogP contribution in [-0.4, -0.2) is 56.8 Å². The smallest absolute Gasteiger partial charge is 0.281 e. The second kappa shape index (κ2) is 5.95. The highest BCUT2D eigenvalue weighted by Crippen LogP contribution is 2.21. The normalized spacial score (nSPS) is 23.1. The Labute approximate surface area is 99.0 Å². The van der Waals surface area contributed by atoms with Gasteiger partial charge in [-0.1, -0.05) is 0 Å². The number of nitrogens with zero attached hydrogens (tertiary/aromatic N) is 2. The molecule has 0 aromatic rings. The summed E-state index contributed by atoms with van der Waals surface area (Å²) in [5.74, 6) is 0. The van der Waals surface area contributed by atoms with E-state index in [4.69, 9.17) is 0 Å². The van der Waals surface area contributed by atoms with Gasteiger partial charge in [0.25, 0.3) is 10.2 Å². The van der Waals surface area contributed by atoms with Gasteiger partial charge >= 0.3 is 0 Å². The van der Waals surface area contributed by atoms with Crippen LogP contribution in [0.2, 0.25) is 0 Å². The van der Waals surface area contributed by atoms with Crippen LogP contribution < -0.4 is 5.32 Å². The standard InChI is InChI=1S/C10H23N3O2S/c1-10-6-4-9-13(10)16(14,15)12(3)8-5-7-11-2/h10-11H,4-9H2,1-3H3. The van der Waals surface area contributed by atoms with Crippen molar-refractivity contribution in [2.75, 3.05) is 33.7 Å². The first-order chi connectivity index (χ1) is 7.50. The van der Waals surface area contributed by atoms with Crippen molar-refractivity contribution in [1.29, 1.82) is 0 Å². The third-order valence-corrected chi connectivity index (χ3v) is 5.19. The van der Waals surface area contributed by atoms with Crippen LogP contribution in [0.4, 0.5) is 0 Å². The molecule has 0 saturated carbocycles. The van der Waals surface area contributed by atoms with Gasteiger partial charge in [0, 0.05) is 26.2 Å². The van der Waals surface area contributed by atoms with Crippen molar-refractivity contribution in [2.45, 2.75) is 32.2 Å². The van der Waals surface area contributed by atoms with Gasteiger partial charge in [0.15, 0.2) is 0 Å². The zero-order valence-corrected chi connectivity index (χ0v) is 11.3. The summed E-state index contributed by atoms with van der Waals surface area (Å²) >= 11 is 0. The summed E-state index contributed by atoms with van der Waals surface area (Å²) in [6, 6.07) is 0.150. The summed E-state index contributed by atoms with van der Waals surface area (Å²) in [5, 5.41) is 3.02. The molecule has 6 heteroatoms. The first kappa shape index (κ1) is 13.9. The van der Waals surface area contributed by atoms with E-state index in [0.717, 1.165) is 25.8 Å². The van der Waals surface area contributed by atoms with Crippen molar-refractivity contribution in [3.8, 4) is 0 Å². The lowest BCUT2D eigenvalue weighted by molar-refractivity contribution is 0.353. The molecule has 16 heavy (non-hydrogen) atoms. The molecule has 0 bridgehead atoms. The average molecular weight is 249 g/mol. The van der Waals surface area contributed by atoms with Crippen LogP contribution in [0.3, 0.4) is 0 Å². The van der Waals surface area contributed by atoms with Crippen molar-refractivity contribution < 1.29 is 8.42 Å². The number of rotatable bonds is 6. The van der Waals surface area contributed by atoms with E-state index in [1.165, 1.54) is 4.31 Å². The van der Waals surface area contributed by atoms with E-state index in [1.807, 2.05) is 14.0 Å². The maximum absolute atomic E-state index is 12.2. The Hall–Kier alpha value is -0.170. The number of nitrogens with one attached hydrogen (secondary N) is 1. The minimum absolute atomic E-state index is 0.150. The van der Waals surface area contributed by atoms with Crippen LogP contribution in [0.5, 0.6) is 0 Å². The van der Waals surface area contributed by atoms with Gasteiger partial charge in [-0.2, -0.15) is 17.0 Å². The molecule has 1 rings (SSSR count). The lowest BCUT2D eigenvalue weighted by atomic mass is 10.3. The molecule has 96 valence electrons. The second-order valence-electron chi connectivity index (χ2n) is 4.39. The molecule has 1 saturated heterocycles. The van der Waals surface area contributed by atoms with Crippen molar-refractivity contribution in [3.05, 3.63) is 0 Å². The first-order valence-electron chi connectivity index (χ1n) is 5.88. The van der Waals surface area contributed by atoms with E-state index in [1.54, 1.807) is 11.4 Å². The summed E-state index contributed by atoms with van der Waals surface area (Å²) in [6.07, 6.45) is 2.79. The summed E-state index contributed by atoms with van der Waals surface area (Å²) < 4.78 is 27.4. The van der Waals surface area contributed by atoms with Crippen molar-refractivity contribution in [3.63, 3.8) is 0 Å². The quantitative estimate of drug-likeness (QED) is 0.687. The van der Waals surface area contributed by atoms with Crippen LogP contribution >= 0.6 is 0 Å². The zero-order valence-electron chi connectivity index (χ0n) is 10.4. The highest BCUT2D eigenvalue weighted by atomic mass is 32.2. The van der Waals surface area contributed by atoms with Crippen molar-refractivity contribution >= 4 is 10.2 Å². The molecule has 1 unspecified atom stereocenters. The predicted octanol–water partition coefficient (Wildman–Crippen LogP) is 0.257. The van der Waals surface area contributed by atoms with Gasteiger partial charge in [-0.3, -0.25) is 0 Å². The van der Waals surface area contributed by atoms with Crippen molar-refractivity contribution in [1.82, 2.24) is 13.9 Å². The monoisotopic (exact) mass is 249 g/mol. The number of hydrogen-bond donors (Lipinski definition) is 1. The van der Waals surface area contributed by atoms with E-state index in [2.05, 4.69) is 5.32 Å². The van der Waals surface area contributed by atoms with Crippen LogP contribution in [0.15, 0.2) is 0 Å². The molecule has 1 N–H and O–H groups in total. The SMILES string of the molecule is CNCCCN(C)S(=O)(=O)N1CCCC1C. The van der Waals surface area contributed by atoms with Crippen LogP contribution in [0.25, 0.3) is 0 Å². The zero-order chi connectivity index (χ0) is 12.2. The van der Waals surface area contributed by atoms with Crippen LogP contribution in [-0.2, 0) is 10.2 Å². The molecule has 1 fully saturated rings. The topological polar surface area (TPSA) is 52.7 Å². The van der Waals surface area contributed by atoms with E-state index < -0.39 is 10.2 Å². The highest BCUT2D eigenvalue weighted by Gasteiger charge is 2.33. The van der Waals surface area contributed by atoms with Gasteiger partial charge < -0.3 is 5.32 Å². The minimum Gasteiger partial charge on any atom is -0.320 e. The second-order valence-corrected chi connectivity index (χ2v) is 6.38. The maximum atomic E-state index is 12.2. The molecule has 0 aliphatic carbocycles. The highest BCUT2D eigenvalue weighted by molar-refractivity contribution is 7.86. The largest absolute Gasteiger partial charge is 0.320 e. The molecule has 0 aromatic carbocycles. The molecular weight excluding hydrogens is 226 g/mol. The summed E-state index contributed by atoms with van der Waals surface area (Å²) in [4.78, 5) is 0. The molecule has 1 atom stereocenters. The maximum Gasteiger partial charge on any atom is 0.281 e. The number of hydrogen-bond acceptors (Lipinski definition) is 3. The van der Waals surface area contributed by atoms with E-state index in [9.17, 15) is 8.42 Å². The van der Waals surface area contributed by atoms with Gasteiger partial charge in [0.1, 0.15) is 0 Å². The van der Waals surface area contributed by atoms with E-state index in [-0.39, 0.29) is 6.04 Å². The minimum atomic E-state index is -3.23. The lowest BCUT2D eigenvalue weighted by Crippen LogP contribution is -2.44. The fourth-order valence-electron chi connectivity index (χ4n) is 2.02. The fraction of sp³-hybridized carbons (Fsp3) is 1.00. The summed E-state index contributed by atoms with van der Waals surface area (Å²) in [5.41, 5.74) is 0. The molecule has 1 aliphatic rings. The van der Waals surface area contributed by atoms with Gasteiger partial charge in [0.05, 0.1) is 0 Å². The average Bonchev–Trinajstić information content (AvgIpc) is 2.65. The molecule has 0 spiro atoms. The predicted molar refractivity (Wildman–Crippen MR) is 65.5 cm³/mol.